The Labute approximate surface area is 147 Å². The molecule has 3 unspecified atom stereocenters. The number of nitrogens with one attached hydrogen (secondary N) is 2. The Bertz CT molecular complexity index is 493. The van der Waals surface area contributed by atoms with E-state index in [0.717, 1.165) is 0 Å². The maximum Gasteiger partial charge on any atom is 0.326 e. The molecule has 0 rings (SSSR count). The summed E-state index contributed by atoms with van der Waals surface area (Å²) >= 11 is 0. The van der Waals surface area contributed by atoms with Crippen LogP contribution in [0.2, 0.25) is 0 Å². The third kappa shape index (κ3) is 9.04. The van der Waals surface area contributed by atoms with Crippen LogP contribution in [0.4, 0.5) is 0 Å². The highest BCUT2D eigenvalue weighted by molar-refractivity contribution is 5.92. The number of carbonyl (C=O) groups is 4. The summed E-state index contributed by atoms with van der Waals surface area (Å²) in [6.45, 7) is 7.29. The fourth-order valence-electron chi connectivity index (χ4n) is 2.22. The van der Waals surface area contributed by atoms with E-state index in [1.54, 1.807) is 13.8 Å². The molecule has 3 atom stereocenters. The molecular formula is C16H30N4O5. The summed E-state index contributed by atoms with van der Waals surface area (Å²) in [6, 6.07) is -2.94. The summed E-state index contributed by atoms with van der Waals surface area (Å²) in [5.74, 6) is -3.10. The number of carbonyl (C=O) groups excluding carboxylic acids is 3. The molecule has 25 heavy (non-hydrogen) atoms. The van der Waals surface area contributed by atoms with Gasteiger partial charge in [0.1, 0.15) is 12.1 Å². The molecule has 0 spiro atoms. The van der Waals surface area contributed by atoms with E-state index in [4.69, 9.17) is 16.6 Å². The summed E-state index contributed by atoms with van der Waals surface area (Å²) in [4.78, 5) is 46.5. The van der Waals surface area contributed by atoms with E-state index in [9.17, 15) is 19.2 Å². The number of primary amides is 1. The highest BCUT2D eigenvalue weighted by atomic mass is 16.4. The van der Waals surface area contributed by atoms with E-state index in [1.165, 1.54) is 0 Å². The van der Waals surface area contributed by atoms with Gasteiger partial charge >= 0.3 is 5.97 Å². The first-order valence-corrected chi connectivity index (χ1v) is 8.33. The summed E-state index contributed by atoms with van der Waals surface area (Å²) in [7, 11) is 0. The summed E-state index contributed by atoms with van der Waals surface area (Å²) < 4.78 is 0. The average Bonchev–Trinajstić information content (AvgIpc) is 2.46. The van der Waals surface area contributed by atoms with Crippen molar-refractivity contribution in [2.75, 3.05) is 0 Å². The zero-order chi connectivity index (χ0) is 19.7. The van der Waals surface area contributed by atoms with Crippen molar-refractivity contribution in [1.29, 1.82) is 0 Å². The molecule has 0 saturated carbocycles. The lowest BCUT2D eigenvalue weighted by molar-refractivity contribution is -0.142. The van der Waals surface area contributed by atoms with Crippen LogP contribution in [0.5, 0.6) is 0 Å². The maximum atomic E-state index is 12.4. The maximum absolute atomic E-state index is 12.4. The second-order valence-electron chi connectivity index (χ2n) is 6.87. The Kier molecular flexibility index (Phi) is 9.73. The van der Waals surface area contributed by atoms with Gasteiger partial charge in [-0.1, -0.05) is 27.7 Å². The van der Waals surface area contributed by atoms with Crippen LogP contribution in [0, 0.1) is 11.8 Å². The van der Waals surface area contributed by atoms with Crippen molar-refractivity contribution in [2.24, 2.45) is 23.3 Å². The molecule has 9 heteroatoms. The zero-order valence-corrected chi connectivity index (χ0v) is 15.2. The van der Waals surface area contributed by atoms with Crippen molar-refractivity contribution in [3.63, 3.8) is 0 Å². The van der Waals surface area contributed by atoms with Gasteiger partial charge in [0.15, 0.2) is 0 Å². The molecular weight excluding hydrogens is 328 g/mol. The number of amides is 3. The Morgan fingerprint density at radius 2 is 1.56 bits per heavy atom. The lowest BCUT2D eigenvalue weighted by Crippen LogP contribution is -2.56. The van der Waals surface area contributed by atoms with E-state index < -0.39 is 41.8 Å². The minimum atomic E-state index is -1.28. The van der Waals surface area contributed by atoms with E-state index in [1.807, 2.05) is 13.8 Å². The standard InChI is InChI=1S/C16H30N4O5/c1-8(2)7-10(17)14(22)20-13(9(3)4)15(23)19-11(16(24)25)5-6-12(18)21/h8-11,13H,5-7,17H2,1-4H3,(H2,18,21)(H,19,23)(H,20,22)(H,24,25). The lowest BCUT2D eigenvalue weighted by Gasteiger charge is -2.25. The van der Waals surface area contributed by atoms with E-state index in [-0.39, 0.29) is 24.7 Å². The molecule has 0 aliphatic heterocycles. The smallest absolute Gasteiger partial charge is 0.326 e. The molecule has 0 radical (unpaired) electrons. The second kappa shape index (κ2) is 10.7. The molecule has 7 N–H and O–H groups in total. The lowest BCUT2D eigenvalue weighted by atomic mass is 10.00. The number of rotatable bonds is 11. The van der Waals surface area contributed by atoms with Crippen LogP contribution in [-0.2, 0) is 19.2 Å². The highest BCUT2D eigenvalue weighted by Gasteiger charge is 2.30. The van der Waals surface area contributed by atoms with Crippen molar-refractivity contribution in [3.05, 3.63) is 0 Å². The van der Waals surface area contributed by atoms with Crippen molar-refractivity contribution in [2.45, 2.75) is 65.1 Å². The molecule has 0 fully saturated rings. The van der Waals surface area contributed by atoms with Gasteiger partial charge in [-0.2, -0.15) is 0 Å². The van der Waals surface area contributed by atoms with Crippen molar-refractivity contribution in [1.82, 2.24) is 10.6 Å². The molecule has 0 bridgehead atoms. The first kappa shape index (κ1) is 22.8. The van der Waals surface area contributed by atoms with E-state index >= 15 is 0 Å². The molecule has 3 amide bonds. The van der Waals surface area contributed by atoms with Gasteiger partial charge in [-0.15, -0.1) is 0 Å². The minimum Gasteiger partial charge on any atom is -0.480 e. The van der Waals surface area contributed by atoms with Gasteiger partial charge in [-0.05, 0) is 24.7 Å². The Morgan fingerprint density at radius 3 is 1.96 bits per heavy atom. The summed E-state index contributed by atoms with van der Waals surface area (Å²) in [5, 5.41) is 14.1. The predicted octanol–water partition coefficient (Wildman–Crippen LogP) is -0.664. The molecule has 0 aliphatic carbocycles. The SMILES string of the molecule is CC(C)CC(N)C(=O)NC(C(=O)NC(CCC(N)=O)C(=O)O)C(C)C. The topological polar surface area (TPSA) is 165 Å². The largest absolute Gasteiger partial charge is 0.480 e. The van der Waals surface area contributed by atoms with Crippen molar-refractivity contribution >= 4 is 23.7 Å². The molecule has 9 nitrogen and oxygen atoms in total. The van der Waals surface area contributed by atoms with Gasteiger partial charge in [0.2, 0.25) is 17.7 Å². The first-order valence-electron chi connectivity index (χ1n) is 8.33. The number of hydrogen-bond acceptors (Lipinski definition) is 5. The molecule has 0 aromatic heterocycles. The number of aliphatic carboxylic acids is 1. The van der Waals surface area contributed by atoms with Crippen LogP contribution in [-0.4, -0.2) is 46.9 Å². The van der Waals surface area contributed by atoms with Crippen LogP contribution >= 0.6 is 0 Å². The first-order chi connectivity index (χ1) is 11.5. The third-order valence-corrected chi connectivity index (χ3v) is 3.60. The quantitative estimate of drug-likeness (QED) is 0.329. The van der Waals surface area contributed by atoms with Gasteiger partial charge in [0, 0.05) is 6.42 Å². The highest BCUT2D eigenvalue weighted by Crippen LogP contribution is 2.07. The number of carboxylic acids is 1. The van der Waals surface area contributed by atoms with Crippen LogP contribution in [0.25, 0.3) is 0 Å². The normalized spacial score (nSPS) is 14.7. The van der Waals surface area contributed by atoms with Gasteiger partial charge in [0.05, 0.1) is 6.04 Å². The molecule has 144 valence electrons. The Morgan fingerprint density at radius 1 is 1.00 bits per heavy atom. The number of hydrogen-bond donors (Lipinski definition) is 5. The zero-order valence-electron chi connectivity index (χ0n) is 15.2. The number of carboxylic acid groups (broad SMARTS) is 1. The fourth-order valence-corrected chi connectivity index (χ4v) is 2.22. The van der Waals surface area contributed by atoms with Gasteiger partial charge in [-0.25, -0.2) is 4.79 Å². The summed E-state index contributed by atoms with van der Waals surface area (Å²) in [5.41, 5.74) is 10.8. The monoisotopic (exact) mass is 358 g/mol. The molecule has 0 aromatic rings. The predicted molar refractivity (Wildman–Crippen MR) is 92.2 cm³/mol. The van der Waals surface area contributed by atoms with Crippen LogP contribution in [0.1, 0.15) is 47.0 Å². The van der Waals surface area contributed by atoms with Crippen molar-refractivity contribution < 1.29 is 24.3 Å². The van der Waals surface area contributed by atoms with E-state index in [0.29, 0.717) is 6.42 Å². The van der Waals surface area contributed by atoms with Crippen molar-refractivity contribution in [3.8, 4) is 0 Å². The molecule has 0 aliphatic rings. The minimum absolute atomic E-state index is 0.123. The average molecular weight is 358 g/mol. The fraction of sp³-hybridized carbons (Fsp3) is 0.750. The summed E-state index contributed by atoms with van der Waals surface area (Å²) in [6.07, 6.45) is 0.172. The Balaban J connectivity index is 4.94. The number of nitrogens with two attached hydrogens (primary N) is 2. The van der Waals surface area contributed by atoms with E-state index in [2.05, 4.69) is 10.6 Å². The van der Waals surface area contributed by atoms with Gasteiger partial charge in [-0.3, -0.25) is 14.4 Å². The molecule has 0 heterocycles. The van der Waals surface area contributed by atoms with Crippen LogP contribution in [0.15, 0.2) is 0 Å². The molecule has 0 aromatic carbocycles. The molecule has 0 saturated heterocycles. The third-order valence-electron chi connectivity index (χ3n) is 3.60. The van der Waals surface area contributed by atoms with Crippen LogP contribution < -0.4 is 22.1 Å². The van der Waals surface area contributed by atoms with Gasteiger partial charge < -0.3 is 27.2 Å². The Hall–Kier alpha value is -2.16. The van der Waals surface area contributed by atoms with Crippen LogP contribution in [0.3, 0.4) is 0 Å². The van der Waals surface area contributed by atoms with Gasteiger partial charge in [0.25, 0.3) is 0 Å². The second-order valence-corrected chi connectivity index (χ2v) is 6.87.